The number of ether oxygens (including phenoxy) is 1. The molecule has 27 heavy (non-hydrogen) atoms. The maximum absolute atomic E-state index is 13.4. The van der Waals surface area contributed by atoms with Gasteiger partial charge in [0.05, 0.1) is 12.0 Å². The first-order valence-electron chi connectivity index (χ1n) is 9.08. The molecule has 0 aliphatic carbocycles. The average molecular weight is 370 g/mol. The van der Waals surface area contributed by atoms with Crippen LogP contribution < -0.4 is 10.6 Å². The van der Waals surface area contributed by atoms with E-state index >= 15 is 0 Å². The summed E-state index contributed by atoms with van der Waals surface area (Å²) in [5.41, 5.74) is 2.12. The highest BCUT2D eigenvalue weighted by Crippen LogP contribution is 2.32. The fourth-order valence-electron chi connectivity index (χ4n) is 3.16. The molecule has 1 aliphatic heterocycles. The van der Waals surface area contributed by atoms with Crippen molar-refractivity contribution < 1.29 is 18.7 Å². The summed E-state index contributed by atoms with van der Waals surface area (Å²) in [5, 5.41) is 5.46. The molecule has 0 radical (unpaired) electrons. The van der Waals surface area contributed by atoms with Gasteiger partial charge in [-0.05, 0) is 36.6 Å². The number of benzene rings is 2. The Bertz CT molecular complexity index is 810. The van der Waals surface area contributed by atoms with E-state index in [1.54, 1.807) is 6.07 Å². The Kier molecular flexibility index (Phi) is 6.19. The van der Waals surface area contributed by atoms with Crippen molar-refractivity contribution in [1.29, 1.82) is 0 Å². The van der Waals surface area contributed by atoms with Gasteiger partial charge in [0.2, 0.25) is 11.8 Å². The van der Waals surface area contributed by atoms with Gasteiger partial charge in [-0.15, -0.1) is 0 Å². The van der Waals surface area contributed by atoms with Crippen LogP contribution in [0.5, 0.6) is 0 Å². The largest absolute Gasteiger partial charge is 0.374 e. The summed E-state index contributed by atoms with van der Waals surface area (Å²) in [6.07, 6.45) is 0.718. The zero-order valence-electron chi connectivity index (χ0n) is 15.2. The molecule has 2 unspecified atom stereocenters. The molecular weight excluding hydrogens is 347 g/mol. The second kappa shape index (κ2) is 8.77. The van der Waals surface area contributed by atoms with Crippen molar-refractivity contribution in [3.05, 3.63) is 65.5 Å². The summed E-state index contributed by atoms with van der Waals surface area (Å²) in [5.74, 6) is -1.56. The average Bonchev–Trinajstić information content (AvgIpc) is 2.67. The Labute approximate surface area is 157 Å². The van der Waals surface area contributed by atoms with Gasteiger partial charge >= 0.3 is 0 Å². The van der Waals surface area contributed by atoms with Gasteiger partial charge in [0.15, 0.2) is 0 Å². The molecule has 2 atom stereocenters. The van der Waals surface area contributed by atoms with Crippen LogP contribution in [-0.2, 0) is 14.3 Å². The summed E-state index contributed by atoms with van der Waals surface area (Å²) in [4.78, 5) is 24.3. The highest BCUT2D eigenvalue weighted by atomic mass is 19.1. The Balaban J connectivity index is 1.47. The molecule has 2 N–H and O–H groups in total. The van der Waals surface area contributed by atoms with Crippen LogP contribution in [0.4, 0.5) is 10.1 Å². The fourth-order valence-corrected chi connectivity index (χ4v) is 3.16. The normalized spacial score (nSPS) is 17.0. The highest BCUT2D eigenvalue weighted by Gasteiger charge is 2.30. The zero-order valence-corrected chi connectivity index (χ0v) is 15.2. The van der Waals surface area contributed by atoms with E-state index < -0.39 is 11.7 Å². The molecule has 3 rings (SSSR count). The molecule has 2 amide bonds. The van der Waals surface area contributed by atoms with Crippen molar-refractivity contribution in [2.45, 2.75) is 31.8 Å². The molecule has 142 valence electrons. The van der Waals surface area contributed by atoms with Crippen LogP contribution in [0.15, 0.2) is 48.5 Å². The van der Waals surface area contributed by atoms with E-state index in [1.807, 2.05) is 37.3 Å². The van der Waals surface area contributed by atoms with Gasteiger partial charge in [-0.25, -0.2) is 4.39 Å². The fraction of sp³-hybridized carbons (Fsp3) is 0.333. The van der Waals surface area contributed by atoms with Crippen LogP contribution in [0.25, 0.3) is 0 Å². The number of rotatable bonds is 7. The standard InChI is InChI=1S/C21H23FN2O3/c1-14(15-6-3-2-4-7-15)27-11-5-10-23-21(26)18-13-20(25)24-19-12-16(22)8-9-17(18)19/h2-4,6-9,12,14,18H,5,10-11,13H2,1H3,(H,23,26)(H,24,25). The third kappa shape index (κ3) is 4.92. The molecule has 5 nitrogen and oxygen atoms in total. The minimum Gasteiger partial charge on any atom is -0.374 e. The summed E-state index contributed by atoms with van der Waals surface area (Å²) < 4.78 is 19.1. The molecular formula is C21H23FN2O3. The van der Waals surface area contributed by atoms with Gasteiger partial charge in [-0.1, -0.05) is 36.4 Å². The lowest BCUT2D eigenvalue weighted by molar-refractivity contribution is -0.126. The summed E-state index contributed by atoms with van der Waals surface area (Å²) in [6.45, 7) is 2.96. The Morgan fingerprint density at radius 1 is 1.30 bits per heavy atom. The van der Waals surface area contributed by atoms with Crippen LogP contribution in [0.3, 0.4) is 0 Å². The van der Waals surface area contributed by atoms with E-state index in [0.717, 1.165) is 5.56 Å². The van der Waals surface area contributed by atoms with E-state index in [4.69, 9.17) is 4.74 Å². The van der Waals surface area contributed by atoms with E-state index in [2.05, 4.69) is 10.6 Å². The Hall–Kier alpha value is -2.73. The van der Waals surface area contributed by atoms with E-state index in [-0.39, 0.29) is 24.3 Å². The van der Waals surface area contributed by atoms with Crippen LogP contribution in [0.2, 0.25) is 0 Å². The van der Waals surface area contributed by atoms with E-state index in [9.17, 15) is 14.0 Å². The maximum Gasteiger partial charge on any atom is 0.228 e. The van der Waals surface area contributed by atoms with Gasteiger partial charge in [0, 0.05) is 25.3 Å². The Morgan fingerprint density at radius 2 is 2.07 bits per heavy atom. The van der Waals surface area contributed by atoms with Crippen molar-refractivity contribution in [3.63, 3.8) is 0 Å². The lowest BCUT2D eigenvalue weighted by Crippen LogP contribution is -2.35. The zero-order chi connectivity index (χ0) is 19.2. The molecule has 0 saturated carbocycles. The second-order valence-electron chi connectivity index (χ2n) is 6.60. The first-order valence-corrected chi connectivity index (χ1v) is 9.08. The number of anilines is 1. The van der Waals surface area contributed by atoms with Crippen LogP contribution in [0, 0.1) is 5.82 Å². The molecule has 2 aromatic carbocycles. The monoisotopic (exact) mass is 370 g/mol. The lowest BCUT2D eigenvalue weighted by Gasteiger charge is -2.25. The first kappa shape index (κ1) is 19.0. The number of hydrogen-bond donors (Lipinski definition) is 2. The van der Waals surface area contributed by atoms with Gasteiger partial charge in [0.25, 0.3) is 0 Å². The number of carbonyl (C=O) groups excluding carboxylic acids is 2. The molecule has 6 heteroatoms. The van der Waals surface area contributed by atoms with Crippen LogP contribution >= 0.6 is 0 Å². The number of carbonyl (C=O) groups is 2. The molecule has 0 spiro atoms. The molecule has 0 bridgehead atoms. The maximum atomic E-state index is 13.4. The van der Waals surface area contributed by atoms with Crippen molar-refractivity contribution in [2.24, 2.45) is 0 Å². The molecule has 0 aromatic heterocycles. The highest BCUT2D eigenvalue weighted by molar-refractivity contribution is 6.01. The van der Waals surface area contributed by atoms with Crippen molar-refractivity contribution in [3.8, 4) is 0 Å². The molecule has 0 fully saturated rings. The number of fused-ring (bicyclic) bond motifs is 1. The van der Waals surface area contributed by atoms with Crippen LogP contribution in [-0.4, -0.2) is 25.0 Å². The van der Waals surface area contributed by atoms with Crippen molar-refractivity contribution in [1.82, 2.24) is 5.32 Å². The van der Waals surface area contributed by atoms with Gasteiger partial charge in [0.1, 0.15) is 5.82 Å². The third-order valence-electron chi connectivity index (χ3n) is 4.63. The minimum absolute atomic E-state index is 0.00860. The predicted octanol–water partition coefficient (Wildman–Crippen LogP) is 3.54. The first-order chi connectivity index (χ1) is 13.0. The Morgan fingerprint density at radius 3 is 2.85 bits per heavy atom. The van der Waals surface area contributed by atoms with Gasteiger partial charge < -0.3 is 15.4 Å². The van der Waals surface area contributed by atoms with Gasteiger partial charge in [-0.2, -0.15) is 0 Å². The SMILES string of the molecule is CC(OCCCNC(=O)C1CC(=O)Nc2cc(F)ccc21)c1ccccc1. The summed E-state index contributed by atoms with van der Waals surface area (Å²) in [7, 11) is 0. The topological polar surface area (TPSA) is 67.4 Å². The van der Waals surface area contributed by atoms with Crippen LogP contribution in [0.1, 0.15) is 42.9 Å². The predicted molar refractivity (Wildman–Crippen MR) is 101 cm³/mol. The number of amides is 2. The molecule has 1 aliphatic rings. The molecule has 1 heterocycles. The number of halogens is 1. The van der Waals surface area contributed by atoms with Crippen molar-refractivity contribution in [2.75, 3.05) is 18.5 Å². The number of nitrogens with one attached hydrogen (secondary N) is 2. The minimum atomic E-state index is -0.599. The summed E-state index contributed by atoms with van der Waals surface area (Å²) >= 11 is 0. The summed E-state index contributed by atoms with van der Waals surface area (Å²) in [6, 6.07) is 14.0. The van der Waals surface area contributed by atoms with E-state index in [0.29, 0.717) is 30.8 Å². The quantitative estimate of drug-likeness (QED) is 0.733. The smallest absolute Gasteiger partial charge is 0.228 e. The third-order valence-corrected chi connectivity index (χ3v) is 4.63. The van der Waals surface area contributed by atoms with E-state index in [1.165, 1.54) is 12.1 Å². The number of hydrogen-bond acceptors (Lipinski definition) is 3. The molecule has 2 aromatic rings. The molecule has 0 saturated heterocycles. The van der Waals surface area contributed by atoms with Crippen molar-refractivity contribution >= 4 is 17.5 Å². The lowest BCUT2D eigenvalue weighted by atomic mass is 9.89. The second-order valence-corrected chi connectivity index (χ2v) is 6.60. The van der Waals surface area contributed by atoms with Gasteiger partial charge in [-0.3, -0.25) is 9.59 Å².